The maximum absolute atomic E-state index is 11.2. The molecule has 26 heavy (non-hydrogen) atoms. The monoisotopic (exact) mass is 363 g/mol. The van der Waals surface area contributed by atoms with Crippen molar-refractivity contribution in [3.63, 3.8) is 0 Å². The van der Waals surface area contributed by atoms with Crippen LogP contribution < -0.4 is 5.32 Å². The van der Waals surface area contributed by atoms with Gasteiger partial charge in [0.05, 0.1) is 7.11 Å². The van der Waals surface area contributed by atoms with E-state index in [1.165, 1.54) is 40.0 Å². The third kappa shape index (κ3) is 3.43. The lowest BCUT2D eigenvalue weighted by molar-refractivity contribution is -0.134. The lowest BCUT2D eigenvalue weighted by Gasteiger charge is -2.14. The Kier molecular flexibility index (Phi) is 4.87. The smallest absolute Gasteiger partial charge is 0.330 e. The average molecular weight is 363 g/mol. The summed E-state index contributed by atoms with van der Waals surface area (Å²) in [6.07, 6.45) is 5.46. The van der Waals surface area contributed by atoms with Crippen molar-refractivity contribution in [1.29, 1.82) is 0 Å². The van der Waals surface area contributed by atoms with Crippen molar-refractivity contribution >= 4 is 33.5 Å². The maximum Gasteiger partial charge on any atom is 0.330 e. The molecule has 1 aliphatic rings. The molecule has 1 unspecified atom stereocenters. The summed E-state index contributed by atoms with van der Waals surface area (Å²) in [7, 11) is 1.39. The van der Waals surface area contributed by atoms with Crippen LogP contribution in [-0.4, -0.2) is 13.1 Å². The Morgan fingerprint density at radius 1 is 1.31 bits per heavy atom. The molecule has 0 amide bonds. The molecule has 1 N–H and O–H groups in total. The number of methoxy groups -OCH3 is 1. The minimum Gasteiger partial charge on any atom is -0.466 e. The van der Waals surface area contributed by atoms with Gasteiger partial charge < -0.3 is 10.1 Å². The lowest BCUT2D eigenvalue weighted by Crippen LogP contribution is -2.18. The van der Waals surface area contributed by atoms with Gasteiger partial charge in [0, 0.05) is 23.4 Å². The predicted octanol–water partition coefficient (Wildman–Crippen LogP) is 4.86. The second-order valence-electron chi connectivity index (χ2n) is 6.54. The van der Waals surface area contributed by atoms with E-state index in [2.05, 4.69) is 57.9 Å². The molecular formula is C22H21NO2S. The Balaban J connectivity index is 1.46. The van der Waals surface area contributed by atoms with Gasteiger partial charge in [-0.1, -0.05) is 36.4 Å². The summed E-state index contributed by atoms with van der Waals surface area (Å²) < 4.78 is 5.99. The number of nitrogens with one attached hydrogen (secondary N) is 1. The number of benzene rings is 2. The number of aryl methyl sites for hydroxylation is 1. The standard InChI is InChI=1S/C22H21NO2S/c1-25-22(24)11-7-15-6-9-18-16(12-15)8-10-20(18)23-13-17-14-26-21-5-3-2-4-19(17)21/h2-7,9,11-12,14,20,23H,8,10,13H2,1H3. The van der Waals surface area contributed by atoms with Gasteiger partial charge in [0.15, 0.2) is 0 Å². The van der Waals surface area contributed by atoms with E-state index in [9.17, 15) is 4.79 Å². The van der Waals surface area contributed by atoms with Gasteiger partial charge >= 0.3 is 5.97 Å². The van der Waals surface area contributed by atoms with E-state index in [4.69, 9.17) is 0 Å². The highest BCUT2D eigenvalue weighted by molar-refractivity contribution is 7.17. The fourth-order valence-electron chi connectivity index (χ4n) is 3.59. The van der Waals surface area contributed by atoms with E-state index in [0.29, 0.717) is 6.04 Å². The minimum absolute atomic E-state index is 0.326. The van der Waals surface area contributed by atoms with Crippen molar-refractivity contribution in [1.82, 2.24) is 5.32 Å². The second-order valence-corrected chi connectivity index (χ2v) is 7.46. The zero-order valence-electron chi connectivity index (χ0n) is 14.7. The largest absolute Gasteiger partial charge is 0.466 e. The summed E-state index contributed by atoms with van der Waals surface area (Å²) in [6, 6.07) is 15.4. The van der Waals surface area contributed by atoms with Crippen LogP contribution in [0.15, 0.2) is 53.9 Å². The summed E-state index contributed by atoms with van der Waals surface area (Å²) in [5.74, 6) is -0.326. The first-order valence-corrected chi connectivity index (χ1v) is 9.70. The Morgan fingerprint density at radius 2 is 2.19 bits per heavy atom. The van der Waals surface area contributed by atoms with Crippen LogP contribution in [0.25, 0.3) is 16.2 Å². The molecule has 0 saturated carbocycles. The van der Waals surface area contributed by atoms with Gasteiger partial charge in [0.1, 0.15) is 0 Å². The number of hydrogen-bond acceptors (Lipinski definition) is 4. The van der Waals surface area contributed by atoms with E-state index in [1.54, 1.807) is 0 Å². The number of thiophene rings is 1. The minimum atomic E-state index is -0.326. The normalized spacial score (nSPS) is 16.3. The fourth-order valence-corrected chi connectivity index (χ4v) is 4.55. The molecule has 3 aromatic rings. The van der Waals surface area contributed by atoms with Crippen molar-refractivity contribution in [3.05, 3.63) is 76.2 Å². The van der Waals surface area contributed by atoms with Crippen LogP contribution in [0.3, 0.4) is 0 Å². The number of ether oxygens (including phenoxy) is 1. The molecule has 0 saturated heterocycles. The highest BCUT2D eigenvalue weighted by Crippen LogP contribution is 2.33. The molecule has 2 aromatic carbocycles. The molecule has 0 fully saturated rings. The zero-order chi connectivity index (χ0) is 17.9. The number of carbonyl (C=O) groups is 1. The van der Waals surface area contributed by atoms with Gasteiger partial charge in [-0.2, -0.15) is 0 Å². The summed E-state index contributed by atoms with van der Waals surface area (Å²) in [6.45, 7) is 0.887. The second kappa shape index (κ2) is 7.44. The summed E-state index contributed by atoms with van der Waals surface area (Å²) in [5, 5.41) is 7.34. The number of fused-ring (bicyclic) bond motifs is 2. The van der Waals surface area contributed by atoms with Gasteiger partial charge in [-0.05, 0) is 58.0 Å². The third-order valence-corrected chi connectivity index (χ3v) is 5.97. The molecule has 1 aromatic heterocycles. The van der Waals surface area contributed by atoms with Crippen LogP contribution in [0, 0.1) is 0 Å². The first kappa shape index (κ1) is 17.0. The molecule has 0 spiro atoms. The van der Waals surface area contributed by atoms with E-state index in [0.717, 1.165) is 24.9 Å². The van der Waals surface area contributed by atoms with Crippen LogP contribution in [0.5, 0.6) is 0 Å². The Hall–Kier alpha value is -2.43. The summed E-state index contributed by atoms with van der Waals surface area (Å²) >= 11 is 1.81. The lowest BCUT2D eigenvalue weighted by atomic mass is 10.0. The number of esters is 1. The van der Waals surface area contributed by atoms with Crippen LogP contribution in [0.2, 0.25) is 0 Å². The molecule has 132 valence electrons. The van der Waals surface area contributed by atoms with E-state index in [-0.39, 0.29) is 5.97 Å². The van der Waals surface area contributed by atoms with Gasteiger partial charge in [0.25, 0.3) is 0 Å². The van der Waals surface area contributed by atoms with E-state index >= 15 is 0 Å². The molecule has 0 aliphatic heterocycles. The number of rotatable bonds is 5. The van der Waals surface area contributed by atoms with Crippen molar-refractivity contribution in [2.75, 3.05) is 7.11 Å². The number of carbonyl (C=O) groups excluding carboxylic acids is 1. The van der Waals surface area contributed by atoms with Gasteiger partial charge in [-0.25, -0.2) is 4.79 Å². The Bertz CT molecular complexity index is 973. The molecule has 1 atom stereocenters. The Labute approximate surface area is 157 Å². The molecule has 0 bridgehead atoms. The van der Waals surface area contributed by atoms with E-state index in [1.807, 2.05) is 17.4 Å². The molecule has 1 aliphatic carbocycles. The highest BCUT2D eigenvalue weighted by atomic mass is 32.1. The maximum atomic E-state index is 11.2. The predicted molar refractivity (Wildman–Crippen MR) is 107 cm³/mol. The van der Waals surface area contributed by atoms with Gasteiger partial charge in [-0.3, -0.25) is 0 Å². The molecule has 1 heterocycles. The van der Waals surface area contributed by atoms with E-state index < -0.39 is 0 Å². The van der Waals surface area contributed by atoms with Crippen molar-refractivity contribution in [2.24, 2.45) is 0 Å². The first-order chi connectivity index (χ1) is 12.7. The summed E-state index contributed by atoms with van der Waals surface area (Å²) in [5.41, 5.74) is 5.15. The molecule has 0 radical (unpaired) electrons. The Morgan fingerprint density at radius 3 is 3.08 bits per heavy atom. The van der Waals surface area contributed by atoms with Crippen molar-refractivity contribution in [2.45, 2.75) is 25.4 Å². The zero-order valence-corrected chi connectivity index (χ0v) is 15.5. The summed E-state index contributed by atoms with van der Waals surface area (Å²) in [4.78, 5) is 11.2. The van der Waals surface area contributed by atoms with Crippen molar-refractivity contribution < 1.29 is 9.53 Å². The molecule has 4 rings (SSSR count). The van der Waals surface area contributed by atoms with Crippen LogP contribution >= 0.6 is 11.3 Å². The third-order valence-electron chi connectivity index (χ3n) is 4.96. The number of hydrogen-bond donors (Lipinski definition) is 1. The SMILES string of the molecule is COC(=O)C=Cc1ccc2c(c1)CCC2NCc1csc2ccccc12. The average Bonchev–Trinajstić information content (AvgIpc) is 3.28. The fraction of sp³-hybridized carbons (Fsp3) is 0.227. The molecular weight excluding hydrogens is 342 g/mol. The van der Waals surface area contributed by atoms with Gasteiger partial charge in [-0.15, -0.1) is 11.3 Å². The van der Waals surface area contributed by atoms with Crippen molar-refractivity contribution in [3.8, 4) is 0 Å². The molecule has 4 heteroatoms. The van der Waals surface area contributed by atoms with Crippen LogP contribution in [0.4, 0.5) is 0 Å². The quantitative estimate of drug-likeness (QED) is 0.519. The van der Waals surface area contributed by atoms with Crippen LogP contribution in [-0.2, 0) is 22.5 Å². The topological polar surface area (TPSA) is 38.3 Å². The van der Waals surface area contributed by atoms with Crippen LogP contribution in [0.1, 0.15) is 34.7 Å². The molecule has 3 nitrogen and oxygen atoms in total. The highest BCUT2D eigenvalue weighted by Gasteiger charge is 2.22. The first-order valence-electron chi connectivity index (χ1n) is 8.82. The van der Waals surface area contributed by atoms with Gasteiger partial charge in [0.2, 0.25) is 0 Å².